The van der Waals surface area contributed by atoms with E-state index in [1.807, 2.05) is 19.1 Å². The van der Waals surface area contributed by atoms with Gasteiger partial charge in [-0.15, -0.1) is 0 Å². The summed E-state index contributed by atoms with van der Waals surface area (Å²) >= 11 is 0. The van der Waals surface area contributed by atoms with Crippen LogP contribution in [0.2, 0.25) is 0 Å². The highest BCUT2D eigenvalue weighted by Crippen LogP contribution is 2.26. The average Bonchev–Trinajstić information content (AvgIpc) is 2.82. The fraction of sp³-hybridized carbons (Fsp3) is 0.0833. The molecule has 0 aromatic heterocycles. The number of nitrogens with one attached hydrogen (secondary N) is 2. The Morgan fingerprint density at radius 3 is 1.69 bits per heavy atom. The lowest BCUT2D eigenvalue weighted by Crippen LogP contribution is -2.17. The molecular formula is C24H22N4O4. The maximum Gasteiger partial charge on any atom is 0.271 e. The largest absolute Gasteiger partial charge is 0.507 e. The van der Waals surface area contributed by atoms with Gasteiger partial charge in [0.25, 0.3) is 11.8 Å². The lowest BCUT2D eigenvalue weighted by atomic mass is 10.1. The number of phenols is 1. The first kappa shape index (κ1) is 22.2. The summed E-state index contributed by atoms with van der Waals surface area (Å²) in [5.74, 6) is -0.429. The molecule has 0 bridgehead atoms. The van der Waals surface area contributed by atoms with E-state index in [2.05, 4.69) is 21.1 Å². The van der Waals surface area contributed by atoms with Gasteiger partial charge in [-0.1, -0.05) is 36.4 Å². The zero-order valence-electron chi connectivity index (χ0n) is 17.4. The van der Waals surface area contributed by atoms with Crippen molar-refractivity contribution in [2.75, 3.05) is 6.61 Å². The summed E-state index contributed by atoms with van der Waals surface area (Å²) in [5.41, 5.74) is 6.35. The third-order valence-electron chi connectivity index (χ3n) is 4.26. The van der Waals surface area contributed by atoms with Crippen LogP contribution < -0.4 is 15.6 Å². The first-order valence-corrected chi connectivity index (χ1v) is 9.85. The molecule has 0 saturated heterocycles. The van der Waals surface area contributed by atoms with Gasteiger partial charge >= 0.3 is 0 Å². The van der Waals surface area contributed by atoms with Gasteiger partial charge in [0.2, 0.25) is 0 Å². The minimum Gasteiger partial charge on any atom is -0.507 e. The van der Waals surface area contributed by atoms with Crippen LogP contribution in [0.5, 0.6) is 11.5 Å². The highest BCUT2D eigenvalue weighted by molar-refractivity contribution is 5.97. The highest BCUT2D eigenvalue weighted by Gasteiger charge is 2.10. The fourth-order valence-corrected chi connectivity index (χ4v) is 2.73. The van der Waals surface area contributed by atoms with Crippen LogP contribution in [0.3, 0.4) is 0 Å². The number of rotatable bonds is 8. The number of hydrogen-bond donors (Lipinski definition) is 3. The van der Waals surface area contributed by atoms with Gasteiger partial charge in [0.05, 0.1) is 19.0 Å². The number of aromatic hydroxyl groups is 1. The molecule has 3 aromatic carbocycles. The van der Waals surface area contributed by atoms with Crippen molar-refractivity contribution in [2.45, 2.75) is 6.92 Å². The molecule has 8 heteroatoms. The number of ether oxygens (including phenoxy) is 1. The van der Waals surface area contributed by atoms with Crippen LogP contribution in [0, 0.1) is 0 Å². The summed E-state index contributed by atoms with van der Waals surface area (Å²) < 4.78 is 5.53. The van der Waals surface area contributed by atoms with E-state index in [9.17, 15) is 14.7 Å². The summed E-state index contributed by atoms with van der Waals surface area (Å²) in [6.45, 7) is 2.24. The summed E-state index contributed by atoms with van der Waals surface area (Å²) in [4.78, 5) is 24.2. The summed E-state index contributed by atoms with van der Waals surface area (Å²) in [5, 5.41) is 18.4. The molecule has 0 spiro atoms. The summed E-state index contributed by atoms with van der Waals surface area (Å²) in [6.07, 6.45) is 2.61. The Balaban J connectivity index is 1.75. The number of nitrogens with zero attached hydrogens (tertiary/aromatic N) is 2. The molecular weight excluding hydrogens is 408 g/mol. The molecule has 32 heavy (non-hydrogen) atoms. The molecule has 0 unspecified atom stereocenters. The second kappa shape index (κ2) is 11.1. The maximum atomic E-state index is 12.1. The van der Waals surface area contributed by atoms with Gasteiger partial charge in [-0.25, -0.2) is 10.9 Å². The Kier molecular flexibility index (Phi) is 7.69. The molecule has 0 heterocycles. The number of hydrazone groups is 2. The fourth-order valence-electron chi connectivity index (χ4n) is 2.73. The van der Waals surface area contributed by atoms with E-state index >= 15 is 0 Å². The molecule has 0 fully saturated rings. The molecule has 0 saturated carbocycles. The van der Waals surface area contributed by atoms with Crippen molar-refractivity contribution in [2.24, 2.45) is 10.2 Å². The monoisotopic (exact) mass is 430 g/mol. The van der Waals surface area contributed by atoms with Crippen LogP contribution in [0.1, 0.15) is 38.8 Å². The van der Waals surface area contributed by atoms with E-state index in [4.69, 9.17) is 4.74 Å². The lowest BCUT2D eigenvalue weighted by Gasteiger charge is -2.09. The van der Waals surface area contributed by atoms with Crippen LogP contribution in [0.15, 0.2) is 83.0 Å². The number of benzene rings is 3. The minimum absolute atomic E-state index is 0.135. The van der Waals surface area contributed by atoms with Crippen LogP contribution in [0.4, 0.5) is 0 Å². The van der Waals surface area contributed by atoms with Crippen molar-refractivity contribution < 1.29 is 19.4 Å². The molecule has 0 aliphatic heterocycles. The van der Waals surface area contributed by atoms with Gasteiger partial charge in [-0.3, -0.25) is 9.59 Å². The Morgan fingerprint density at radius 1 is 0.844 bits per heavy atom. The maximum absolute atomic E-state index is 12.1. The summed E-state index contributed by atoms with van der Waals surface area (Å²) in [6, 6.07) is 20.4. The highest BCUT2D eigenvalue weighted by atomic mass is 16.5. The van der Waals surface area contributed by atoms with Crippen molar-refractivity contribution in [3.63, 3.8) is 0 Å². The van der Waals surface area contributed by atoms with Gasteiger partial charge in [0.15, 0.2) is 0 Å². The Morgan fingerprint density at radius 2 is 1.28 bits per heavy atom. The van der Waals surface area contributed by atoms with Gasteiger partial charge in [0, 0.05) is 22.3 Å². The van der Waals surface area contributed by atoms with Gasteiger partial charge < -0.3 is 9.84 Å². The minimum atomic E-state index is -0.382. The molecule has 3 rings (SSSR count). The van der Waals surface area contributed by atoms with Gasteiger partial charge in [0.1, 0.15) is 11.5 Å². The van der Waals surface area contributed by atoms with Crippen LogP contribution in [0.25, 0.3) is 0 Å². The van der Waals surface area contributed by atoms with E-state index in [1.165, 1.54) is 12.4 Å². The first-order chi connectivity index (χ1) is 15.6. The SMILES string of the molecule is CCOc1cc(/C=N\NC(=O)c2ccccc2)c(O)c(/C=N/NC(=O)c2ccccc2)c1. The Labute approximate surface area is 185 Å². The number of amides is 2. The van der Waals surface area contributed by atoms with E-state index in [0.29, 0.717) is 34.6 Å². The van der Waals surface area contributed by atoms with Gasteiger partial charge in [-0.05, 0) is 43.3 Å². The number of hydrogen-bond acceptors (Lipinski definition) is 6. The Hall–Kier alpha value is -4.46. The predicted molar refractivity (Wildman–Crippen MR) is 122 cm³/mol. The number of carbonyl (C=O) groups excluding carboxylic acids is 2. The molecule has 3 N–H and O–H groups in total. The molecule has 8 nitrogen and oxygen atoms in total. The van der Waals surface area contributed by atoms with Crippen molar-refractivity contribution in [3.8, 4) is 11.5 Å². The van der Waals surface area contributed by atoms with Crippen molar-refractivity contribution in [3.05, 3.63) is 95.1 Å². The average molecular weight is 430 g/mol. The molecule has 0 aliphatic carbocycles. The van der Waals surface area contributed by atoms with Crippen molar-refractivity contribution in [1.82, 2.24) is 10.9 Å². The van der Waals surface area contributed by atoms with Crippen molar-refractivity contribution >= 4 is 24.2 Å². The van der Waals surface area contributed by atoms with E-state index in [1.54, 1.807) is 60.7 Å². The first-order valence-electron chi connectivity index (χ1n) is 9.85. The van der Waals surface area contributed by atoms with E-state index in [-0.39, 0.29) is 17.6 Å². The Bertz CT molecular complexity index is 1040. The third-order valence-corrected chi connectivity index (χ3v) is 4.26. The van der Waals surface area contributed by atoms with Crippen molar-refractivity contribution in [1.29, 1.82) is 0 Å². The molecule has 0 aliphatic rings. The quantitative estimate of drug-likeness (QED) is 0.376. The van der Waals surface area contributed by atoms with E-state index in [0.717, 1.165) is 0 Å². The molecule has 2 amide bonds. The van der Waals surface area contributed by atoms with Crippen LogP contribution in [-0.2, 0) is 0 Å². The normalized spacial score (nSPS) is 10.9. The summed E-state index contributed by atoms with van der Waals surface area (Å²) in [7, 11) is 0. The standard InChI is InChI=1S/C24H22N4O4/c1-2-32-21-13-19(15-25-27-23(30)17-9-5-3-6-10-17)22(29)20(14-21)16-26-28-24(31)18-11-7-4-8-12-18/h3-16,29H,2H2,1H3,(H,27,30)(H,28,31)/b25-15-,26-16+. The molecule has 162 valence electrons. The second-order valence-electron chi connectivity index (χ2n) is 6.51. The molecule has 0 radical (unpaired) electrons. The predicted octanol–water partition coefficient (Wildman–Crippen LogP) is 3.32. The zero-order chi connectivity index (χ0) is 22.8. The van der Waals surface area contributed by atoms with Crippen LogP contribution in [-0.4, -0.2) is 36.0 Å². The molecule has 3 aromatic rings. The molecule has 0 atom stereocenters. The number of carbonyl (C=O) groups is 2. The lowest BCUT2D eigenvalue weighted by molar-refractivity contribution is 0.0947. The van der Waals surface area contributed by atoms with Gasteiger partial charge in [-0.2, -0.15) is 10.2 Å². The topological polar surface area (TPSA) is 112 Å². The smallest absolute Gasteiger partial charge is 0.271 e. The zero-order valence-corrected chi connectivity index (χ0v) is 17.4. The van der Waals surface area contributed by atoms with E-state index < -0.39 is 0 Å². The van der Waals surface area contributed by atoms with Crippen LogP contribution >= 0.6 is 0 Å². The third kappa shape index (κ3) is 6.02. The number of phenolic OH excluding ortho intramolecular Hbond substituents is 1. The second-order valence-corrected chi connectivity index (χ2v) is 6.51.